The number of nitriles is 2. The van der Waals surface area contributed by atoms with Crippen LogP contribution in [0.25, 0.3) is 0 Å². The van der Waals surface area contributed by atoms with Crippen LogP contribution in [0.2, 0.25) is 0 Å². The smallest absolute Gasteiger partial charge is 0.301 e. The van der Waals surface area contributed by atoms with E-state index in [1.807, 2.05) is 0 Å². The number of benzene rings is 1. The Bertz CT molecular complexity index is 817. The molecule has 0 atom stereocenters. The second-order valence-corrected chi connectivity index (χ2v) is 4.94. The van der Waals surface area contributed by atoms with Gasteiger partial charge in [-0.3, -0.25) is 20.1 Å². The Kier molecular flexibility index (Phi) is 4.96. The van der Waals surface area contributed by atoms with Crippen molar-refractivity contribution in [2.45, 2.75) is 4.90 Å². The van der Waals surface area contributed by atoms with Crippen molar-refractivity contribution in [2.24, 2.45) is 5.10 Å². The van der Waals surface area contributed by atoms with Gasteiger partial charge in [0.05, 0.1) is 18.1 Å². The summed E-state index contributed by atoms with van der Waals surface area (Å²) in [7, 11) is -3.74. The number of hydrogen-bond donors (Lipinski definition) is 2. The monoisotopic (exact) mass is 325 g/mol. The minimum Gasteiger partial charge on any atom is -0.494 e. The lowest BCUT2D eigenvalue weighted by Gasteiger charge is -2.09. The molecule has 0 radical (unpaired) electrons. The Morgan fingerprint density at radius 2 is 2.05 bits per heavy atom. The van der Waals surface area contributed by atoms with Gasteiger partial charge in [0.25, 0.3) is 5.69 Å². The van der Waals surface area contributed by atoms with Crippen molar-refractivity contribution >= 4 is 27.2 Å². The first-order valence-corrected chi connectivity index (χ1v) is 6.66. The third-order valence-corrected chi connectivity index (χ3v) is 3.14. The summed E-state index contributed by atoms with van der Waals surface area (Å²) in [4.78, 5) is 8.83. The molecular formula is C10H7N5O6S. The van der Waals surface area contributed by atoms with Crippen LogP contribution in [-0.4, -0.2) is 30.7 Å². The van der Waals surface area contributed by atoms with Gasteiger partial charge in [-0.15, -0.1) is 0 Å². The Labute approximate surface area is 123 Å². The van der Waals surface area contributed by atoms with Crippen molar-refractivity contribution in [1.29, 1.82) is 10.5 Å². The van der Waals surface area contributed by atoms with Crippen LogP contribution in [0.3, 0.4) is 0 Å². The van der Waals surface area contributed by atoms with E-state index in [1.165, 1.54) is 12.1 Å². The third-order valence-electron chi connectivity index (χ3n) is 2.26. The number of nitrogens with zero attached hydrogens (tertiary/aromatic N) is 4. The predicted octanol–water partition coefficient (Wildman–Crippen LogP) is 0.665. The largest absolute Gasteiger partial charge is 0.494 e. The molecule has 0 aliphatic heterocycles. The molecule has 0 saturated carbocycles. The first-order valence-electron chi connectivity index (χ1n) is 5.22. The summed E-state index contributed by atoms with van der Waals surface area (Å²) < 4.78 is 36.3. The van der Waals surface area contributed by atoms with Gasteiger partial charge in [-0.25, -0.2) is 0 Å². The van der Waals surface area contributed by atoms with Gasteiger partial charge in [-0.2, -0.15) is 24.0 Å². The van der Waals surface area contributed by atoms with Crippen LogP contribution in [0.15, 0.2) is 22.1 Å². The number of hydrogen-bond acceptors (Lipinski definition) is 9. The fraction of sp³-hybridized carbons (Fsp3) is 0.100. The highest BCUT2D eigenvalue weighted by atomic mass is 32.2. The van der Waals surface area contributed by atoms with E-state index in [-0.39, 0.29) is 11.4 Å². The normalized spacial score (nSPS) is 10.0. The zero-order chi connectivity index (χ0) is 16.9. The average molecular weight is 325 g/mol. The number of nitro groups is 1. The zero-order valence-electron chi connectivity index (χ0n) is 10.8. The van der Waals surface area contributed by atoms with Gasteiger partial charge in [0.2, 0.25) is 5.71 Å². The van der Waals surface area contributed by atoms with E-state index >= 15 is 0 Å². The zero-order valence-corrected chi connectivity index (χ0v) is 11.7. The van der Waals surface area contributed by atoms with Crippen molar-refractivity contribution in [2.75, 3.05) is 12.5 Å². The molecule has 2 N–H and O–H groups in total. The third kappa shape index (κ3) is 3.66. The predicted molar refractivity (Wildman–Crippen MR) is 71.7 cm³/mol. The highest BCUT2D eigenvalue weighted by molar-refractivity contribution is 7.86. The molecule has 0 fully saturated rings. The number of rotatable bonds is 5. The van der Waals surface area contributed by atoms with Crippen molar-refractivity contribution in [3.63, 3.8) is 0 Å². The Hall–Kier alpha value is -3.22. The highest BCUT2D eigenvalue weighted by Gasteiger charge is 2.27. The Morgan fingerprint density at radius 1 is 1.45 bits per heavy atom. The van der Waals surface area contributed by atoms with E-state index < -0.39 is 31.3 Å². The van der Waals surface area contributed by atoms with Gasteiger partial charge in [0, 0.05) is 0 Å². The number of nitrogens with one attached hydrogen (secondary N) is 1. The van der Waals surface area contributed by atoms with Gasteiger partial charge in [-0.05, 0) is 6.07 Å². The SMILES string of the molecule is COc1cc([N+](=O)[O-])c(S(=O)(=O)O)cc1NN=C(C#N)C#N. The lowest BCUT2D eigenvalue weighted by atomic mass is 10.2. The minimum atomic E-state index is -4.89. The van der Waals surface area contributed by atoms with Crippen LogP contribution in [0.1, 0.15) is 0 Å². The molecule has 0 heterocycles. The van der Waals surface area contributed by atoms with E-state index in [0.717, 1.165) is 13.2 Å². The second kappa shape index (κ2) is 6.49. The molecule has 1 aromatic rings. The van der Waals surface area contributed by atoms with Gasteiger partial charge >= 0.3 is 10.1 Å². The average Bonchev–Trinajstić information content (AvgIpc) is 2.46. The van der Waals surface area contributed by atoms with Gasteiger partial charge < -0.3 is 4.74 Å². The molecule has 1 aromatic carbocycles. The van der Waals surface area contributed by atoms with Gasteiger partial charge in [0.1, 0.15) is 17.8 Å². The molecule has 22 heavy (non-hydrogen) atoms. The summed E-state index contributed by atoms with van der Waals surface area (Å²) in [6, 6.07) is 4.33. The molecule has 0 aromatic heterocycles. The van der Waals surface area contributed by atoms with Gasteiger partial charge in [0.15, 0.2) is 10.6 Å². The van der Waals surface area contributed by atoms with Crippen molar-refractivity contribution in [1.82, 2.24) is 0 Å². The maximum absolute atomic E-state index is 11.2. The van der Waals surface area contributed by atoms with Crippen molar-refractivity contribution in [3.05, 3.63) is 22.2 Å². The molecule has 114 valence electrons. The van der Waals surface area contributed by atoms with E-state index in [1.54, 1.807) is 0 Å². The summed E-state index contributed by atoms with van der Waals surface area (Å²) in [6.07, 6.45) is 0. The molecule has 0 unspecified atom stereocenters. The number of ether oxygens (including phenoxy) is 1. The summed E-state index contributed by atoms with van der Waals surface area (Å²) in [5, 5.41) is 31.3. The van der Waals surface area contributed by atoms with Crippen LogP contribution in [-0.2, 0) is 10.1 Å². The maximum Gasteiger partial charge on any atom is 0.301 e. The first kappa shape index (κ1) is 16.8. The summed E-state index contributed by atoms with van der Waals surface area (Å²) in [5.74, 6) is -0.182. The summed E-state index contributed by atoms with van der Waals surface area (Å²) in [5.41, 5.74) is 0.477. The van der Waals surface area contributed by atoms with Crippen LogP contribution in [0.5, 0.6) is 5.75 Å². The van der Waals surface area contributed by atoms with Crippen LogP contribution >= 0.6 is 0 Å². The lowest BCUT2D eigenvalue weighted by molar-refractivity contribution is -0.387. The van der Waals surface area contributed by atoms with Crippen molar-refractivity contribution < 1.29 is 22.6 Å². The number of anilines is 1. The molecule has 0 aliphatic carbocycles. The number of nitro benzene ring substituents is 1. The Morgan fingerprint density at radius 3 is 2.45 bits per heavy atom. The van der Waals surface area contributed by atoms with Gasteiger partial charge in [-0.1, -0.05) is 0 Å². The molecule has 0 spiro atoms. The quantitative estimate of drug-likeness (QED) is 0.340. The van der Waals surface area contributed by atoms with E-state index in [0.29, 0.717) is 6.07 Å². The fourth-order valence-electron chi connectivity index (χ4n) is 1.35. The van der Waals surface area contributed by atoms with E-state index in [9.17, 15) is 18.5 Å². The first-order chi connectivity index (χ1) is 10.2. The minimum absolute atomic E-state index is 0.182. The van der Waals surface area contributed by atoms with E-state index in [2.05, 4.69) is 10.5 Å². The van der Waals surface area contributed by atoms with Crippen molar-refractivity contribution in [3.8, 4) is 17.9 Å². The van der Waals surface area contributed by atoms with E-state index in [4.69, 9.17) is 19.8 Å². The molecule has 0 amide bonds. The van der Waals surface area contributed by atoms with Crippen LogP contribution in [0, 0.1) is 32.8 Å². The maximum atomic E-state index is 11.2. The fourth-order valence-corrected chi connectivity index (χ4v) is 2.01. The molecule has 11 nitrogen and oxygen atoms in total. The Balaban J connectivity index is 3.54. The molecule has 12 heteroatoms. The standard InChI is InChI=1S/C10H7N5O6S/c1-21-9-3-8(15(16)17)10(22(18,19)20)2-7(9)14-13-6(4-11)5-12/h2-3,14H,1H3,(H,18,19,20). The number of hydrazone groups is 1. The van der Waals surface area contributed by atoms with Crippen LogP contribution in [0.4, 0.5) is 11.4 Å². The molecule has 1 rings (SSSR count). The topological polar surface area (TPSA) is 179 Å². The molecular weight excluding hydrogens is 318 g/mol. The summed E-state index contributed by atoms with van der Waals surface area (Å²) in [6.45, 7) is 0. The molecule has 0 aliphatic rings. The highest BCUT2D eigenvalue weighted by Crippen LogP contribution is 2.35. The van der Waals surface area contributed by atoms with Crippen LogP contribution < -0.4 is 10.2 Å². The summed E-state index contributed by atoms with van der Waals surface area (Å²) >= 11 is 0. The second-order valence-electron chi connectivity index (χ2n) is 3.55. The molecule has 0 bridgehead atoms. The lowest BCUT2D eigenvalue weighted by Crippen LogP contribution is -2.06. The molecule has 0 saturated heterocycles. The number of methoxy groups -OCH3 is 1.